The van der Waals surface area contributed by atoms with Crippen LogP contribution in [0, 0.1) is 11.6 Å². The molecular weight excluding hydrogens is 406 g/mol. The summed E-state index contributed by atoms with van der Waals surface area (Å²) >= 11 is 0. The van der Waals surface area contributed by atoms with E-state index in [0.29, 0.717) is 36.2 Å². The topological polar surface area (TPSA) is 85.3 Å². The number of hydrogen-bond donors (Lipinski definition) is 1. The van der Waals surface area contributed by atoms with Gasteiger partial charge in [0.05, 0.1) is 25.5 Å². The lowest BCUT2D eigenvalue weighted by molar-refractivity contribution is -0.00571. The molecule has 1 N–H and O–H groups in total. The van der Waals surface area contributed by atoms with Gasteiger partial charge in [-0.15, -0.1) is 5.10 Å². The molecule has 0 spiro atoms. The van der Waals surface area contributed by atoms with Crippen molar-refractivity contribution in [3.63, 3.8) is 0 Å². The van der Waals surface area contributed by atoms with E-state index in [0.717, 1.165) is 12.1 Å². The number of anilines is 3. The average molecular weight is 428 g/mol. The molecule has 1 aliphatic rings. The van der Waals surface area contributed by atoms with Gasteiger partial charge in [0.1, 0.15) is 11.6 Å². The molecule has 1 aromatic carbocycles. The normalized spacial score (nSPS) is 18.7. The second-order valence-corrected chi connectivity index (χ2v) is 7.33. The number of morpholine rings is 1. The predicted octanol–water partition coefficient (Wildman–Crippen LogP) is 3.58. The van der Waals surface area contributed by atoms with Crippen LogP contribution in [0.2, 0.25) is 0 Å². The second-order valence-electron chi connectivity index (χ2n) is 7.33. The highest BCUT2D eigenvalue weighted by Gasteiger charge is 2.24. The van der Waals surface area contributed by atoms with Crippen molar-refractivity contribution in [3.8, 4) is 16.9 Å². The average Bonchev–Trinajstić information content (AvgIpc) is 2.75. The van der Waals surface area contributed by atoms with Gasteiger partial charge in [0.15, 0.2) is 17.4 Å². The van der Waals surface area contributed by atoms with E-state index in [4.69, 9.17) is 9.47 Å². The molecule has 0 unspecified atom stereocenters. The number of hydrogen-bond acceptors (Lipinski definition) is 8. The molecule has 10 heteroatoms. The van der Waals surface area contributed by atoms with Crippen molar-refractivity contribution in [2.45, 2.75) is 26.1 Å². The van der Waals surface area contributed by atoms with Crippen LogP contribution in [0.5, 0.6) is 5.75 Å². The van der Waals surface area contributed by atoms with E-state index in [1.165, 1.54) is 13.3 Å². The number of ether oxygens (including phenoxy) is 2. The number of nitrogens with one attached hydrogen (secondary N) is 1. The van der Waals surface area contributed by atoms with Crippen molar-refractivity contribution in [1.29, 1.82) is 0 Å². The number of rotatable bonds is 5. The lowest BCUT2D eigenvalue weighted by Crippen LogP contribution is -2.46. The van der Waals surface area contributed by atoms with Crippen molar-refractivity contribution < 1.29 is 18.3 Å². The predicted molar refractivity (Wildman–Crippen MR) is 111 cm³/mol. The van der Waals surface area contributed by atoms with Crippen molar-refractivity contribution in [3.05, 3.63) is 48.3 Å². The van der Waals surface area contributed by atoms with Crippen LogP contribution >= 0.6 is 0 Å². The number of nitrogens with zero attached hydrogens (tertiary/aromatic N) is 5. The van der Waals surface area contributed by atoms with Crippen LogP contribution in [0.15, 0.2) is 36.7 Å². The first kappa shape index (κ1) is 20.9. The monoisotopic (exact) mass is 428 g/mol. The van der Waals surface area contributed by atoms with Crippen LogP contribution in [0.1, 0.15) is 13.8 Å². The fraction of sp³-hybridized carbons (Fsp3) is 0.333. The van der Waals surface area contributed by atoms with Crippen molar-refractivity contribution in [2.75, 3.05) is 30.4 Å². The minimum Gasteiger partial charge on any atom is -0.494 e. The largest absolute Gasteiger partial charge is 0.494 e. The number of benzene rings is 1. The van der Waals surface area contributed by atoms with Gasteiger partial charge in [0.2, 0.25) is 5.95 Å². The second kappa shape index (κ2) is 8.76. The highest BCUT2D eigenvalue weighted by molar-refractivity contribution is 5.68. The quantitative estimate of drug-likeness (QED) is 0.660. The molecule has 4 rings (SSSR count). The van der Waals surface area contributed by atoms with Crippen LogP contribution in [0.3, 0.4) is 0 Å². The van der Waals surface area contributed by atoms with Gasteiger partial charge < -0.3 is 19.7 Å². The summed E-state index contributed by atoms with van der Waals surface area (Å²) in [6.45, 7) is 5.39. The van der Waals surface area contributed by atoms with E-state index < -0.39 is 11.6 Å². The van der Waals surface area contributed by atoms with Gasteiger partial charge in [0, 0.05) is 36.5 Å². The van der Waals surface area contributed by atoms with Crippen molar-refractivity contribution in [2.24, 2.45) is 0 Å². The molecule has 0 saturated carbocycles. The molecule has 2 atom stereocenters. The van der Waals surface area contributed by atoms with Crippen molar-refractivity contribution in [1.82, 2.24) is 20.2 Å². The molecule has 8 nitrogen and oxygen atoms in total. The maximum atomic E-state index is 14.4. The summed E-state index contributed by atoms with van der Waals surface area (Å²) in [6, 6.07) is 5.33. The summed E-state index contributed by atoms with van der Waals surface area (Å²) in [5, 5.41) is 11.0. The Morgan fingerprint density at radius 3 is 2.61 bits per heavy atom. The van der Waals surface area contributed by atoms with Gasteiger partial charge in [0.25, 0.3) is 0 Å². The molecule has 1 saturated heterocycles. The lowest BCUT2D eigenvalue weighted by atomic mass is 10.1. The highest BCUT2D eigenvalue weighted by Crippen LogP contribution is 2.30. The third kappa shape index (κ3) is 4.69. The Morgan fingerprint density at radius 2 is 1.87 bits per heavy atom. The first-order chi connectivity index (χ1) is 14.9. The Balaban J connectivity index is 1.57. The zero-order chi connectivity index (χ0) is 22.0. The van der Waals surface area contributed by atoms with E-state index in [1.807, 2.05) is 13.8 Å². The Labute approximate surface area is 178 Å². The summed E-state index contributed by atoms with van der Waals surface area (Å²) in [7, 11) is 1.28. The fourth-order valence-electron chi connectivity index (χ4n) is 3.52. The third-order valence-corrected chi connectivity index (χ3v) is 4.81. The third-order valence-electron chi connectivity index (χ3n) is 4.81. The van der Waals surface area contributed by atoms with Crippen LogP contribution in [0.25, 0.3) is 11.1 Å². The molecule has 31 heavy (non-hydrogen) atoms. The van der Waals surface area contributed by atoms with Gasteiger partial charge in [-0.3, -0.25) is 0 Å². The number of halogens is 2. The van der Waals surface area contributed by atoms with E-state index in [9.17, 15) is 8.78 Å². The number of methoxy groups -OCH3 is 1. The Hall–Kier alpha value is -3.40. The molecule has 0 amide bonds. The molecule has 1 fully saturated rings. The molecule has 3 aromatic rings. The van der Waals surface area contributed by atoms with E-state index in [-0.39, 0.29) is 23.5 Å². The maximum absolute atomic E-state index is 14.4. The first-order valence-corrected chi connectivity index (χ1v) is 9.79. The zero-order valence-electron chi connectivity index (χ0n) is 17.3. The lowest BCUT2D eigenvalue weighted by Gasteiger charge is -2.35. The summed E-state index contributed by atoms with van der Waals surface area (Å²) in [5.41, 5.74) is 0.414. The first-order valence-electron chi connectivity index (χ1n) is 9.79. The highest BCUT2D eigenvalue weighted by atomic mass is 19.1. The van der Waals surface area contributed by atoms with Crippen LogP contribution in [0.4, 0.5) is 26.4 Å². The van der Waals surface area contributed by atoms with Crippen molar-refractivity contribution >= 4 is 17.6 Å². The molecule has 1 aliphatic heterocycles. The van der Waals surface area contributed by atoms with Gasteiger partial charge in [-0.25, -0.2) is 13.8 Å². The molecule has 0 aliphatic carbocycles. The van der Waals surface area contributed by atoms with Crippen LogP contribution < -0.4 is 15.0 Å². The molecule has 2 aromatic heterocycles. The van der Waals surface area contributed by atoms with Gasteiger partial charge in [-0.1, -0.05) is 0 Å². The SMILES string of the molecule is COc1cc(F)c(-c2cnnc(Nc3ccnc(N4C[C@@H](C)O[C@@H](C)C4)n3)c2)cc1F. The Bertz CT molecular complexity index is 1070. The smallest absolute Gasteiger partial charge is 0.227 e. The van der Waals surface area contributed by atoms with E-state index >= 15 is 0 Å². The molecule has 162 valence electrons. The standard InChI is InChI=1S/C21H22F2N6O2/c1-12-10-29(11-13(2)31-12)21-24-5-4-19(27-21)26-20-6-14(9-25-28-20)15-7-17(23)18(30-3)8-16(15)22/h4-9,12-13H,10-11H2,1-3H3,(H,24,26,27,28)/t12-,13+. The van der Waals surface area contributed by atoms with Gasteiger partial charge in [-0.2, -0.15) is 10.1 Å². The Kier molecular flexibility index (Phi) is 5.90. The summed E-state index contributed by atoms with van der Waals surface area (Å²) in [5.74, 6) is -0.0518. The molecule has 0 bridgehead atoms. The summed E-state index contributed by atoms with van der Waals surface area (Å²) in [6.07, 6.45) is 3.15. The number of aromatic nitrogens is 4. The maximum Gasteiger partial charge on any atom is 0.227 e. The Morgan fingerprint density at radius 1 is 1.10 bits per heavy atom. The van der Waals surface area contributed by atoms with Crippen LogP contribution in [-0.2, 0) is 4.74 Å². The summed E-state index contributed by atoms with van der Waals surface area (Å²) < 4.78 is 39.1. The summed E-state index contributed by atoms with van der Waals surface area (Å²) in [4.78, 5) is 11.0. The molecular formula is C21H22F2N6O2. The van der Waals surface area contributed by atoms with E-state index in [2.05, 4.69) is 30.4 Å². The zero-order valence-corrected chi connectivity index (χ0v) is 17.3. The minimum atomic E-state index is -0.667. The van der Waals surface area contributed by atoms with Crippen LogP contribution in [-0.4, -0.2) is 52.6 Å². The molecule has 3 heterocycles. The van der Waals surface area contributed by atoms with E-state index in [1.54, 1.807) is 18.3 Å². The minimum absolute atomic E-state index is 0.0518. The molecule has 0 radical (unpaired) electrons. The van der Waals surface area contributed by atoms with Gasteiger partial charge >= 0.3 is 0 Å². The fourth-order valence-corrected chi connectivity index (χ4v) is 3.52. The van der Waals surface area contributed by atoms with Gasteiger partial charge in [-0.05, 0) is 32.0 Å².